The van der Waals surface area contributed by atoms with E-state index in [9.17, 15) is 0 Å². The van der Waals surface area contributed by atoms with Crippen LogP contribution in [0.15, 0.2) is 84.9 Å². The highest BCUT2D eigenvalue weighted by Gasteiger charge is 2.10. The van der Waals surface area contributed by atoms with Crippen molar-refractivity contribution in [2.45, 2.75) is 13.1 Å². The van der Waals surface area contributed by atoms with E-state index in [4.69, 9.17) is 12.2 Å². The van der Waals surface area contributed by atoms with Gasteiger partial charge in [0.1, 0.15) is 0 Å². The molecule has 0 N–H and O–H groups in total. The number of hydrogen-bond donors (Lipinski definition) is 0. The molecule has 3 aromatic carbocycles. The summed E-state index contributed by atoms with van der Waals surface area (Å²) in [6.07, 6.45) is 0. The summed E-state index contributed by atoms with van der Waals surface area (Å²) < 4.78 is 5.32. The van der Waals surface area contributed by atoms with E-state index in [1.165, 1.54) is 22.2 Å². The number of benzene rings is 3. The lowest BCUT2D eigenvalue weighted by Crippen LogP contribution is -2.03. The Bertz CT molecular complexity index is 933. The molecule has 1 aromatic heterocycles. The minimum Gasteiger partial charge on any atom is -0.312 e. The molecule has 0 fully saturated rings. The number of nitrogens with zero attached hydrogens (tertiary/aromatic N) is 2. The van der Waals surface area contributed by atoms with Crippen LogP contribution in [0.1, 0.15) is 11.1 Å². The molecular weight excluding hydrogens is 312 g/mol. The predicted molar refractivity (Wildman–Crippen MR) is 102 cm³/mol. The normalized spacial score (nSPS) is 11.0. The average Bonchev–Trinajstić information content (AvgIpc) is 2.90. The largest absolute Gasteiger partial charge is 0.312 e. The van der Waals surface area contributed by atoms with Crippen LogP contribution in [-0.4, -0.2) is 9.13 Å². The fourth-order valence-corrected chi connectivity index (χ4v) is 3.44. The zero-order chi connectivity index (χ0) is 16.4. The van der Waals surface area contributed by atoms with Crippen molar-refractivity contribution in [1.82, 2.24) is 9.13 Å². The van der Waals surface area contributed by atoms with E-state index in [0.29, 0.717) is 0 Å². The first kappa shape index (κ1) is 14.9. The molecule has 4 rings (SSSR count). The first-order valence-corrected chi connectivity index (χ1v) is 8.50. The Morgan fingerprint density at radius 2 is 0.917 bits per heavy atom. The number of imidazole rings is 1. The molecule has 0 spiro atoms. The second-order valence-electron chi connectivity index (χ2n) is 5.91. The zero-order valence-corrected chi connectivity index (χ0v) is 14.1. The summed E-state index contributed by atoms with van der Waals surface area (Å²) in [4.78, 5) is 0. The minimum atomic E-state index is 0.794. The summed E-state index contributed by atoms with van der Waals surface area (Å²) >= 11 is 5.82. The molecule has 0 atom stereocenters. The van der Waals surface area contributed by atoms with Gasteiger partial charge in [-0.2, -0.15) is 0 Å². The molecule has 0 aliphatic rings. The van der Waals surface area contributed by atoms with E-state index >= 15 is 0 Å². The molecule has 0 saturated carbocycles. The van der Waals surface area contributed by atoms with Gasteiger partial charge < -0.3 is 9.13 Å². The topological polar surface area (TPSA) is 9.86 Å². The van der Waals surface area contributed by atoms with Crippen molar-refractivity contribution in [2.24, 2.45) is 0 Å². The van der Waals surface area contributed by atoms with Crippen molar-refractivity contribution in [2.75, 3.05) is 0 Å². The lowest BCUT2D eigenvalue weighted by Gasteiger charge is -2.06. The molecule has 0 saturated heterocycles. The molecule has 1 heterocycles. The van der Waals surface area contributed by atoms with Gasteiger partial charge in [0.2, 0.25) is 0 Å². The van der Waals surface area contributed by atoms with Gasteiger partial charge in [-0.15, -0.1) is 0 Å². The van der Waals surface area contributed by atoms with E-state index in [-0.39, 0.29) is 0 Å². The Labute approximate surface area is 146 Å². The van der Waals surface area contributed by atoms with Crippen molar-refractivity contribution < 1.29 is 0 Å². The van der Waals surface area contributed by atoms with Gasteiger partial charge in [0, 0.05) is 0 Å². The lowest BCUT2D eigenvalue weighted by molar-refractivity contribution is 0.730. The van der Waals surface area contributed by atoms with Crippen molar-refractivity contribution in [3.63, 3.8) is 0 Å². The second-order valence-corrected chi connectivity index (χ2v) is 6.28. The van der Waals surface area contributed by atoms with Crippen molar-refractivity contribution in [3.8, 4) is 0 Å². The molecule has 0 unspecified atom stereocenters. The summed E-state index contributed by atoms with van der Waals surface area (Å²) in [5.41, 5.74) is 4.89. The Morgan fingerprint density at radius 3 is 1.33 bits per heavy atom. The van der Waals surface area contributed by atoms with Gasteiger partial charge >= 0.3 is 0 Å². The summed E-state index contributed by atoms with van der Waals surface area (Å²) in [6.45, 7) is 1.59. The maximum absolute atomic E-state index is 5.82. The van der Waals surface area contributed by atoms with Crippen LogP contribution in [0.4, 0.5) is 0 Å². The van der Waals surface area contributed by atoms with Crippen LogP contribution >= 0.6 is 12.2 Å². The highest BCUT2D eigenvalue weighted by molar-refractivity contribution is 7.71. The quantitative estimate of drug-likeness (QED) is 0.463. The van der Waals surface area contributed by atoms with Crippen LogP contribution in [0.25, 0.3) is 11.0 Å². The van der Waals surface area contributed by atoms with Crippen LogP contribution in [0.2, 0.25) is 0 Å². The van der Waals surface area contributed by atoms with E-state index in [0.717, 1.165) is 17.9 Å². The smallest absolute Gasteiger partial charge is 0.181 e. The molecule has 24 heavy (non-hydrogen) atoms. The fraction of sp³-hybridized carbons (Fsp3) is 0.0952. The standard InChI is InChI=1S/C21H18N2S/c24-21-22(15-17-9-3-1-4-10-17)19-13-7-8-14-20(19)23(21)16-18-11-5-2-6-12-18/h1-14H,15-16H2. The predicted octanol–water partition coefficient (Wildman–Crippen LogP) is 5.27. The fourth-order valence-electron chi connectivity index (χ4n) is 3.11. The van der Waals surface area contributed by atoms with E-state index in [1.807, 2.05) is 12.1 Å². The monoisotopic (exact) mass is 330 g/mol. The maximum Gasteiger partial charge on any atom is 0.181 e. The average molecular weight is 330 g/mol. The molecule has 0 aliphatic carbocycles. The third kappa shape index (κ3) is 2.79. The van der Waals surface area contributed by atoms with Gasteiger partial charge in [-0.3, -0.25) is 0 Å². The minimum absolute atomic E-state index is 0.794. The van der Waals surface area contributed by atoms with Crippen LogP contribution in [0.3, 0.4) is 0 Å². The molecule has 4 aromatic rings. The summed E-state index contributed by atoms with van der Waals surface area (Å²) in [5.74, 6) is 0. The van der Waals surface area contributed by atoms with E-state index in [1.54, 1.807) is 0 Å². The van der Waals surface area contributed by atoms with Crippen molar-refractivity contribution >= 4 is 23.3 Å². The lowest BCUT2D eigenvalue weighted by atomic mass is 10.2. The number of rotatable bonds is 4. The van der Waals surface area contributed by atoms with Gasteiger partial charge in [0.05, 0.1) is 24.1 Å². The zero-order valence-electron chi connectivity index (χ0n) is 13.3. The Balaban J connectivity index is 1.83. The SMILES string of the molecule is S=c1n(Cc2ccccc2)c2ccccc2n1Cc1ccccc1. The number of fused-ring (bicyclic) bond motifs is 1. The highest BCUT2D eigenvalue weighted by atomic mass is 32.1. The maximum atomic E-state index is 5.82. The van der Waals surface area contributed by atoms with Gasteiger partial charge in [-0.05, 0) is 35.5 Å². The van der Waals surface area contributed by atoms with E-state index < -0.39 is 0 Å². The molecule has 2 nitrogen and oxygen atoms in total. The van der Waals surface area contributed by atoms with Gasteiger partial charge in [-0.1, -0.05) is 72.8 Å². The van der Waals surface area contributed by atoms with Crippen LogP contribution < -0.4 is 0 Å². The third-order valence-corrected chi connectivity index (χ3v) is 4.73. The molecule has 3 heteroatoms. The highest BCUT2D eigenvalue weighted by Crippen LogP contribution is 2.21. The molecule has 0 radical (unpaired) electrons. The number of hydrogen-bond acceptors (Lipinski definition) is 1. The van der Waals surface area contributed by atoms with Crippen molar-refractivity contribution in [3.05, 3.63) is 101 Å². The molecule has 0 bridgehead atoms. The Morgan fingerprint density at radius 1 is 0.542 bits per heavy atom. The second kappa shape index (κ2) is 6.46. The third-order valence-electron chi connectivity index (χ3n) is 4.29. The number of aromatic nitrogens is 2. The number of para-hydroxylation sites is 2. The van der Waals surface area contributed by atoms with Crippen LogP contribution in [0, 0.1) is 4.77 Å². The molecular formula is C21H18N2S. The first-order chi connectivity index (χ1) is 11.8. The van der Waals surface area contributed by atoms with Crippen LogP contribution in [0.5, 0.6) is 0 Å². The van der Waals surface area contributed by atoms with Gasteiger partial charge in [0.15, 0.2) is 4.77 Å². The summed E-state index contributed by atoms with van der Waals surface area (Å²) in [7, 11) is 0. The van der Waals surface area contributed by atoms with Gasteiger partial charge in [-0.25, -0.2) is 0 Å². The summed E-state index contributed by atoms with van der Waals surface area (Å²) in [5, 5.41) is 0. The van der Waals surface area contributed by atoms with E-state index in [2.05, 4.69) is 81.9 Å². The van der Waals surface area contributed by atoms with Crippen LogP contribution in [-0.2, 0) is 13.1 Å². The van der Waals surface area contributed by atoms with Gasteiger partial charge in [0.25, 0.3) is 0 Å². The first-order valence-electron chi connectivity index (χ1n) is 8.09. The molecule has 118 valence electrons. The summed E-state index contributed by atoms with van der Waals surface area (Å²) in [6, 6.07) is 29.4. The molecule has 0 aliphatic heterocycles. The Kier molecular flexibility index (Phi) is 4.01. The van der Waals surface area contributed by atoms with Crippen molar-refractivity contribution in [1.29, 1.82) is 0 Å². The Hall–Kier alpha value is -2.65. The molecule has 0 amide bonds.